The van der Waals surface area contributed by atoms with Crippen LogP contribution in [0.2, 0.25) is 0 Å². The van der Waals surface area contributed by atoms with Gasteiger partial charge in [-0.05, 0) is 12.1 Å². The van der Waals surface area contributed by atoms with E-state index < -0.39 is 5.43 Å². The van der Waals surface area contributed by atoms with Crippen molar-refractivity contribution < 1.29 is 5.11 Å². The Balaban J connectivity index is 3.32. The number of rotatable bonds is 0. The normalized spacial score (nSPS) is 8.69. The topological polar surface area (TPSA) is 37.3 Å². The minimum Gasteiger partial charge on any atom is -0.503 e. The van der Waals surface area contributed by atoms with E-state index in [0.717, 1.165) is 0 Å². The fourth-order valence-corrected chi connectivity index (χ4v) is 0.870. The summed E-state index contributed by atoms with van der Waals surface area (Å²) in [7, 11) is 0. The van der Waals surface area contributed by atoms with E-state index in [1.54, 1.807) is 18.2 Å². The molecule has 0 aliphatic rings. The molecule has 0 spiro atoms. The summed E-state index contributed by atoms with van der Waals surface area (Å²) in [5.41, 5.74) is -0.0118. The molecule has 0 aliphatic heterocycles. The van der Waals surface area contributed by atoms with Gasteiger partial charge in [0, 0.05) is 6.42 Å². The average Bonchev–Trinajstić information content (AvgIpc) is 2.28. The van der Waals surface area contributed by atoms with E-state index in [0.29, 0.717) is 12.0 Å². The molecule has 0 radical (unpaired) electrons. The van der Waals surface area contributed by atoms with Crippen molar-refractivity contribution in [2.45, 2.75) is 13.3 Å². The molecule has 13 heavy (non-hydrogen) atoms. The highest BCUT2D eigenvalue weighted by Crippen LogP contribution is 2.06. The Morgan fingerprint density at radius 3 is 2.77 bits per heavy atom. The van der Waals surface area contributed by atoms with Crippen LogP contribution in [0.15, 0.2) is 29.1 Å². The summed E-state index contributed by atoms with van der Waals surface area (Å²) in [5, 5.41) is 9.37. The maximum absolute atomic E-state index is 11.1. The molecule has 0 saturated carbocycles. The quantitative estimate of drug-likeness (QED) is 0.605. The summed E-state index contributed by atoms with van der Waals surface area (Å²) in [6.07, 6.45) is 0.701. The summed E-state index contributed by atoms with van der Waals surface area (Å²) in [6, 6.07) is 6.20. The molecule has 0 aliphatic carbocycles. The first-order chi connectivity index (χ1) is 6.25. The van der Waals surface area contributed by atoms with Crippen molar-refractivity contribution in [3.05, 3.63) is 40.1 Å². The maximum atomic E-state index is 11.1. The standard InChI is InChI=1S/C11H10O2/c1-2-3-6-9-7-4-5-8-10(12)11(9)13/h4-5,7-8H,2H2,1H3,(H,12,13). The highest BCUT2D eigenvalue weighted by molar-refractivity contribution is 5.43. The van der Waals surface area contributed by atoms with E-state index in [1.807, 2.05) is 6.92 Å². The Bertz CT molecular complexity index is 410. The maximum Gasteiger partial charge on any atom is 0.221 e. The number of aromatic hydroxyl groups is 1. The van der Waals surface area contributed by atoms with Crippen molar-refractivity contribution in [2.75, 3.05) is 0 Å². The lowest BCUT2D eigenvalue weighted by Crippen LogP contribution is -1.94. The first-order valence-electron chi connectivity index (χ1n) is 4.07. The molecule has 0 heterocycles. The van der Waals surface area contributed by atoms with E-state index >= 15 is 0 Å². The van der Waals surface area contributed by atoms with Crippen LogP contribution in [0.25, 0.3) is 0 Å². The van der Waals surface area contributed by atoms with Gasteiger partial charge in [-0.2, -0.15) is 0 Å². The van der Waals surface area contributed by atoms with Crippen LogP contribution in [0.5, 0.6) is 5.75 Å². The molecule has 1 aromatic carbocycles. The smallest absolute Gasteiger partial charge is 0.221 e. The minimum atomic E-state index is -0.398. The van der Waals surface area contributed by atoms with E-state index in [1.165, 1.54) is 6.07 Å². The Labute approximate surface area is 76.9 Å². The van der Waals surface area contributed by atoms with Crippen molar-refractivity contribution in [2.24, 2.45) is 0 Å². The lowest BCUT2D eigenvalue weighted by atomic mass is 10.2. The Kier molecular flexibility index (Phi) is 3.10. The molecule has 2 heteroatoms. The minimum absolute atomic E-state index is 0.272. The van der Waals surface area contributed by atoms with Gasteiger partial charge in [0.2, 0.25) is 5.43 Å². The zero-order chi connectivity index (χ0) is 9.68. The van der Waals surface area contributed by atoms with Gasteiger partial charge in [-0.25, -0.2) is 0 Å². The Hall–Kier alpha value is -1.75. The highest BCUT2D eigenvalue weighted by Gasteiger charge is 1.97. The van der Waals surface area contributed by atoms with Crippen LogP contribution in [0.3, 0.4) is 0 Å². The first kappa shape index (κ1) is 9.34. The monoisotopic (exact) mass is 174 g/mol. The van der Waals surface area contributed by atoms with Gasteiger partial charge in [-0.3, -0.25) is 4.79 Å². The summed E-state index contributed by atoms with van der Waals surface area (Å²) >= 11 is 0. The number of hydrogen-bond acceptors (Lipinski definition) is 2. The van der Waals surface area contributed by atoms with E-state index in [-0.39, 0.29) is 5.75 Å². The first-order valence-corrected chi connectivity index (χ1v) is 4.07. The van der Waals surface area contributed by atoms with Gasteiger partial charge in [-0.1, -0.05) is 30.9 Å². The van der Waals surface area contributed by atoms with Crippen molar-refractivity contribution in [1.29, 1.82) is 0 Å². The molecule has 0 atom stereocenters. The third-order valence-corrected chi connectivity index (χ3v) is 1.51. The molecule has 2 nitrogen and oxygen atoms in total. The molecule has 0 aromatic heterocycles. The van der Waals surface area contributed by atoms with Gasteiger partial charge in [0.15, 0.2) is 5.75 Å². The molecule has 1 rings (SSSR count). The molecule has 0 bridgehead atoms. The summed E-state index contributed by atoms with van der Waals surface area (Å²) in [5.74, 6) is 5.25. The van der Waals surface area contributed by atoms with Gasteiger partial charge in [0.1, 0.15) is 0 Å². The van der Waals surface area contributed by atoms with Crippen LogP contribution in [0.1, 0.15) is 18.9 Å². The van der Waals surface area contributed by atoms with E-state index in [4.69, 9.17) is 0 Å². The van der Waals surface area contributed by atoms with Gasteiger partial charge >= 0.3 is 0 Å². The molecule has 0 saturated heterocycles. The van der Waals surface area contributed by atoms with Gasteiger partial charge in [-0.15, -0.1) is 0 Å². The van der Waals surface area contributed by atoms with Crippen LogP contribution in [0.4, 0.5) is 0 Å². The SMILES string of the molecule is CCC#Cc1ccccc(=O)c1O. The molecular formula is C11H10O2. The van der Waals surface area contributed by atoms with Crippen molar-refractivity contribution in [3.8, 4) is 17.6 Å². The zero-order valence-corrected chi connectivity index (χ0v) is 7.37. The van der Waals surface area contributed by atoms with Crippen LogP contribution in [-0.4, -0.2) is 5.11 Å². The van der Waals surface area contributed by atoms with Gasteiger partial charge in [0.05, 0.1) is 5.56 Å². The van der Waals surface area contributed by atoms with Crippen molar-refractivity contribution in [1.82, 2.24) is 0 Å². The molecule has 1 N–H and O–H groups in total. The van der Waals surface area contributed by atoms with Crippen LogP contribution in [0, 0.1) is 11.8 Å². The summed E-state index contributed by atoms with van der Waals surface area (Å²) < 4.78 is 0. The molecule has 1 aromatic rings. The summed E-state index contributed by atoms with van der Waals surface area (Å²) in [6.45, 7) is 1.91. The largest absolute Gasteiger partial charge is 0.503 e. The zero-order valence-electron chi connectivity index (χ0n) is 7.37. The van der Waals surface area contributed by atoms with E-state index in [9.17, 15) is 9.90 Å². The molecular weight excluding hydrogens is 164 g/mol. The van der Waals surface area contributed by atoms with Gasteiger partial charge < -0.3 is 5.11 Å². The fourth-order valence-electron chi connectivity index (χ4n) is 0.870. The summed E-state index contributed by atoms with van der Waals surface area (Å²) in [4.78, 5) is 11.1. The predicted octanol–water partition coefficient (Wildman–Crippen LogP) is 1.51. The molecule has 0 amide bonds. The van der Waals surface area contributed by atoms with Gasteiger partial charge in [0.25, 0.3) is 0 Å². The molecule has 0 unspecified atom stereocenters. The lowest BCUT2D eigenvalue weighted by Gasteiger charge is -1.86. The van der Waals surface area contributed by atoms with Crippen molar-refractivity contribution in [3.63, 3.8) is 0 Å². The van der Waals surface area contributed by atoms with Crippen LogP contribution < -0.4 is 5.43 Å². The van der Waals surface area contributed by atoms with Crippen LogP contribution in [-0.2, 0) is 0 Å². The van der Waals surface area contributed by atoms with E-state index in [2.05, 4.69) is 11.8 Å². The number of hydrogen-bond donors (Lipinski definition) is 1. The Morgan fingerprint density at radius 1 is 1.38 bits per heavy atom. The average molecular weight is 174 g/mol. The highest BCUT2D eigenvalue weighted by atomic mass is 16.3. The molecule has 66 valence electrons. The third-order valence-electron chi connectivity index (χ3n) is 1.51. The van der Waals surface area contributed by atoms with Crippen molar-refractivity contribution >= 4 is 0 Å². The Morgan fingerprint density at radius 2 is 2.08 bits per heavy atom. The second-order valence-corrected chi connectivity index (χ2v) is 2.50. The molecule has 0 fully saturated rings. The second kappa shape index (κ2) is 4.32. The third kappa shape index (κ3) is 2.34. The predicted molar refractivity (Wildman–Crippen MR) is 51.5 cm³/mol. The van der Waals surface area contributed by atoms with Crippen LogP contribution >= 0.6 is 0 Å². The second-order valence-electron chi connectivity index (χ2n) is 2.50. The lowest BCUT2D eigenvalue weighted by molar-refractivity contribution is 0.469. The fraction of sp³-hybridized carbons (Fsp3) is 0.182.